The largest absolute Gasteiger partial charge is 1.00 e. The molecule has 0 saturated heterocycles. The smallest absolute Gasteiger partial charge is 1.00 e. The van der Waals surface area contributed by atoms with Crippen LogP contribution in [0, 0.1) is 6.92 Å². The molecule has 0 amide bonds. The van der Waals surface area contributed by atoms with E-state index < -0.39 is 0 Å². The molecule has 2 rings (SSSR count). The SMILES string of the molecule is C[Si]C1C=Cc2c(C)cccc21.[H-].[Li+]. The topological polar surface area (TPSA) is 0 Å². The second-order valence-electron chi connectivity index (χ2n) is 3.20. The summed E-state index contributed by atoms with van der Waals surface area (Å²) in [4.78, 5) is 0. The van der Waals surface area contributed by atoms with Gasteiger partial charge in [0.2, 0.25) is 0 Å². The van der Waals surface area contributed by atoms with Gasteiger partial charge in [0.05, 0.1) is 0 Å². The minimum atomic E-state index is 0. The van der Waals surface area contributed by atoms with E-state index in [2.05, 4.69) is 43.8 Å². The zero-order valence-corrected chi connectivity index (χ0v) is 9.46. The van der Waals surface area contributed by atoms with E-state index in [4.69, 9.17) is 0 Å². The van der Waals surface area contributed by atoms with Gasteiger partial charge in [0, 0.05) is 9.52 Å². The zero-order valence-electron chi connectivity index (χ0n) is 9.46. The van der Waals surface area contributed by atoms with Gasteiger partial charge >= 0.3 is 18.9 Å². The van der Waals surface area contributed by atoms with Crippen LogP contribution in [0.1, 0.15) is 23.7 Å². The van der Waals surface area contributed by atoms with Crippen molar-refractivity contribution in [3.8, 4) is 0 Å². The van der Waals surface area contributed by atoms with Crippen LogP contribution >= 0.6 is 0 Å². The summed E-state index contributed by atoms with van der Waals surface area (Å²) >= 11 is 0. The predicted molar refractivity (Wildman–Crippen MR) is 55.7 cm³/mol. The Morgan fingerprint density at radius 1 is 1.38 bits per heavy atom. The second-order valence-corrected chi connectivity index (χ2v) is 4.40. The molecule has 1 unspecified atom stereocenters. The molecular formula is C11H13LiSi. The van der Waals surface area contributed by atoms with Crippen molar-refractivity contribution in [1.29, 1.82) is 0 Å². The maximum atomic E-state index is 2.33. The molecule has 2 heteroatoms. The zero-order chi connectivity index (χ0) is 8.55. The van der Waals surface area contributed by atoms with Crippen LogP contribution in [0.15, 0.2) is 24.3 Å². The minimum Gasteiger partial charge on any atom is -1.00 e. The third kappa shape index (κ3) is 1.83. The van der Waals surface area contributed by atoms with Crippen molar-refractivity contribution < 1.29 is 20.3 Å². The molecule has 0 heterocycles. The van der Waals surface area contributed by atoms with E-state index in [-0.39, 0.29) is 20.3 Å². The molecule has 0 N–H and O–H groups in total. The summed E-state index contributed by atoms with van der Waals surface area (Å²) in [6.45, 7) is 4.46. The number of fused-ring (bicyclic) bond motifs is 1. The van der Waals surface area contributed by atoms with Crippen LogP contribution in [0.4, 0.5) is 0 Å². The quantitative estimate of drug-likeness (QED) is 0.531. The Morgan fingerprint density at radius 2 is 2.15 bits per heavy atom. The van der Waals surface area contributed by atoms with E-state index in [0.717, 1.165) is 9.52 Å². The molecule has 2 radical (unpaired) electrons. The first-order chi connectivity index (χ1) is 5.83. The standard InChI is InChI=1S/C11H12Si.Li.H/c1-8-4-3-5-10-9(8)6-7-11(10)12-2;;/h3-7,11H,1-2H3;;/q;+1;-1. The Labute approximate surface area is 95.9 Å². The summed E-state index contributed by atoms with van der Waals surface area (Å²) in [5.74, 6) is 0. The normalized spacial score (nSPS) is 18.2. The van der Waals surface area contributed by atoms with E-state index in [1.165, 1.54) is 16.7 Å². The van der Waals surface area contributed by atoms with Gasteiger partial charge in [-0.05, 0) is 29.2 Å². The van der Waals surface area contributed by atoms with Crippen molar-refractivity contribution in [1.82, 2.24) is 0 Å². The molecule has 0 nitrogen and oxygen atoms in total. The van der Waals surface area contributed by atoms with Crippen LogP contribution in [0.5, 0.6) is 0 Å². The fourth-order valence-electron chi connectivity index (χ4n) is 1.75. The van der Waals surface area contributed by atoms with Crippen LogP contribution in [-0.4, -0.2) is 9.52 Å². The number of rotatable bonds is 1. The molecule has 0 aromatic heterocycles. The fourth-order valence-corrected chi connectivity index (χ4v) is 2.60. The number of benzene rings is 1. The van der Waals surface area contributed by atoms with Gasteiger partial charge in [-0.25, -0.2) is 0 Å². The summed E-state index contributed by atoms with van der Waals surface area (Å²) in [6, 6.07) is 6.60. The Hall–Kier alpha value is -0.226. The van der Waals surface area contributed by atoms with E-state index in [1.54, 1.807) is 0 Å². The van der Waals surface area contributed by atoms with Gasteiger partial charge in [0.15, 0.2) is 0 Å². The number of aryl methyl sites for hydroxylation is 1. The molecule has 62 valence electrons. The van der Waals surface area contributed by atoms with Crippen LogP contribution in [0.25, 0.3) is 6.08 Å². The van der Waals surface area contributed by atoms with E-state index in [0.29, 0.717) is 5.54 Å². The van der Waals surface area contributed by atoms with Crippen molar-refractivity contribution >= 4 is 15.6 Å². The van der Waals surface area contributed by atoms with Gasteiger partial charge in [-0.3, -0.25) is 0 Å². The molecule has 0 bridgehead atoms. The van der Waals surface area contributed by atoms with Gasteiger partial charge in [0.25, 0.3) is 0 Å². The molecule has 1 aliphatic rings. The summed E-state index contributed by atoms with van der Waals surface area (Å²) < 4.78 is 0. The van der Waals surface area contributed by atoms with Crippen LogP contribution in [-0.2, 0) is 0 Å². The summed E-state index contributed by atoms with van der Waals surface area (Å²) in [6.07, 6.45) is 4.60. The maximum absolute atomic E-state index is 2.33. The van der Waals surface area contributed by atoms with Gasteiger partial charge in [-0.1, -0.05) is 36.9 Å². The first kappa shape index (κ1) is 10.9. The van der Waals surface area contributed by atoms with Crippen molar-refractivity contribution in [3.63, 3.8) is 0 Å². The van der Waals surface area contributed by atoms with Crippen molar-refractivity contribution in [2.75, 3.05) is 0 Å². The first-order valence-electron chi connectivity index (χ1n) is 4.28. The third-order valence-electron chi connectivity index (χ3n) is 2.46. The molecule has 0 spiro atoms. The van der Waals surface area contributed by atoms with Gasteiger partial charge in [-0.15, -0.1) is 0 Å². The van der Waals surface area contributed by atoms with Crippen molar-refractivity contribution in [2.45, 2.75) is 19.0 Å². The van der Waals surface area contributed by atoms with Gasteiger partial charge < -0.3 is 1.43 Å². The fraction of sp³-hybridized carbons (Fsp3) is 0.273. The average Bonchev–Trinajstić information content (AvgIpc) is 2.49. The Balaban J connectivity index is 0.000000845. The van der Waals surface area contributed by atoms with E-state index in [9.17, 15) is 0 Å². The van der Waals surface area contributed by atoms with E-state index >= 15 is 0 Å². The third-order valence-corrected chi connectivity index (χ3v) is 3.58. The Kier molecular flexibility index (Phi) is 3.61. The number of hydrogen-bond donors (Lipinski definition) is 0. The molecule has 1 atom stereocenters. The van der Waals surface area contributed by atoms with Crippen LogP contribution < -0.4 is 18.9 Å². The first-order valence-corrected chi connectivity index (χ1v) is 5.85. The van der Waals surface area contributed by atoms with Crippen LogP contribution in [0.2, 0.25) is 6.55 Å². The van der Waals surface area contributed by atoms with Crippen molar-refractivity contribution in [3.05, 3.63) is 41.0 Å². The summed E-state index contributed by atoms with van der Waals surface area (Å²) in [7, 11) is 0.988. The summed E-state index contributed by atoms with van der Waals surface area (Å²) in [5.41, 5.74) is 5.08. The van der Waals surface area contributed by atoms with Gasteiger partial charge in [-0.2, -0.15) is 0 Å². The molecule has 13 heavy (non-hydrogen) atoms. The molecular weight excluding hydrogens is 167 g/mol. The van der Waals surface area contributed by atoms with Gasteiger partial charge in [0.1, 0.15) is 0 Å². The number of hydrogen-bond acceptors (Lipinski definition) is 0. The Bertz CT molecular complexity index is 336. The molecule has 1 aromatic rings. The summed E-state index contributed by atoms with van der Waals surface area (Å²) in [5, 5.41) is 0. The maximum Gasteiger partial charge on any atom is 1.00 e. The average molecular weight is 180 g/mol. The molecule has 0 fully saturated rings. The van der Waals surface area contributed by atoms with Crippen LogP contribution in [0.3, 0.4) is 0 Å². The van der Waals surface area contributed by atoms with Crippen molar-refractivity contribution in [2.24, 2.45) is 0 Å². The molecule has 0 aliphatic heterocycles. The second kappa shape index (κ2) is 4.33. The monoisotopic (exact) mass is 180 g/mol. The minimum absolute atomic E-state index is 0. The Morgan fingerprint density at radius 3 is 2.85 bits per heavy atom. The number of allylic oxidation sites excluding steroid dienone is 1. The molecule has 1 aliphatic carbocycles. The van der Waals surface area contributed by atoms with E-state index in [1.807, 2.05) is 0 Å². The predicted octanol–water partition coefficient (Wildman–Crippen LogP) is -0.0683. The molecule has 0 saturated carbocycles. The molecule has 1 aromatic carbocycles.